The van der Waals surface area contributed by atoms with Crippen LogP contribution in [0, 0.1) is 0 Å². The summed E-state index contributed by atoms with van der Waals surface area (Å²) in [5.41, 5.74) is 4.43. The van der Waals surface area contributed by atoms with Gasteiger partial charge in [0.25, 0.3) is 5.91 Å². The van der Waals surface area contributed by atoms with Crippen LogP contribution >= 0.6 is 0 Å². The number of methoxy groups -OCH3 is 1. The van der Waals surface area contributed by atoms with Gasteiger partial charge in [0.1, 0.15) is 5.75 Å². The van der Waals surface area contributed by atoms with E-state index in [2.05, 4.69) is 20.9 Å². The number of ether oxygens (including phenoxy) is 1. The molecule has 1 aromatic heterocycles. The van der Waals surface area contributed by atoms with Crippen molar-refractivity contribution in [3.05, 3.63) is 42.2 Å². The van der Waals surface area contributed by atoms with Gasteiger partial charge in [0, 0.05) is 18.5 Å². The zero-order valence-electron chi connectivity index (χ0n) is 13.9. The van der Waals surface area contributed by atoms with Gasteiger partial charge < -0.3 is 10.1 Å². The molecule has 2 heterocycles. The summed E-state index contributed by atoms with van der Waals surface area (Å²) < 4.78 is 6.76. The number of nitrogens with one attached hydrogen (secondary N) is 2. The molecule has 1 aliphatic heterocycles. The molecule has 2 N–H and O–H groups in total. The second-order valence-corrected chi connectivity index (χ2v) is 5.59. The highest BCUT2D eigenvalue weighted by atomic mass is 16.5. The van der Waals surface area contributed by atoms with Gasteiger partial charge in [0.15, 0.2) is 5.69 Å². The van der Waals surface area contributed by atoms with Crippen molar-refractivity contribution in [3.63, 3.8) is 0 Å². The Kier molecular flexibility index (Phi) is 5.08. The molecule has 2 amide bonds. The summed E-state index contributed by atoms with van der Waals surface area (Å²) >= 11 is 0. The Morgan fingerprint density at radius 2 is 2.12 bits per heavy atom. The maximum atomic E-state index is 12.1. The third-order valence-corrected chi connectivity index (χ3v) is 3.79. The highest BCUT2D eigenvalue weighted by molar-refractivity contribution is 6.04. The molecule has 0 radical (unpaired) electrons. The number of nitrogens with zero attached hydrogens (tertiary/aromatic N) is 3. The minimum absolute atomic E-state index is 0.0805. The van der Waals surface area contributed by atoms with E-state index in [1.54, 1.807) is 24.1 Å². The third kappa shape index (κ3) is 4.23. The molecule has 0 fully saturated rings. The lowest BCUT2D eigenvalue weighted by Crippen LogP contribution is -2.25. The lowest BCUT2D eigenvalue weighted by Gasteiger charge is -2.04. The van der Waals surface area contributed by atoms with Crippen LogP contribution < -0.4 is 15.5 Å². The maximum absolute atomic E-state index is 12.1. The Balaban J connectivity index is 1.49. The Morgan fingerprint density at radius 3 is 2.80 bits per heavy atom. The molecule has 0 atom stereocenters. The van der Waals surface area contributed by atoms with E-state index in [-0.39, 0.29) is 11.8 Å². The highest BCUT2D eigenvalue weighted by Gasteiger charge is 2.14. The van der Waals surface area contributed by atoms with E-state index in [1.807, 2.05) is 24.3 Å². The summed E-state index contributed by atoms with van der Waals surface area (Å²) in [6.45, 7) is 0.501. The summed E-state index contributed by atoms with van der Waals surface area (Å²) in [6, 6.07) is 9.07. The average molecular weight is 341 g/mol. The first kappa shape index (κ1) is 16.7. The molecule has 0 saturated heterocycles. The molecule has 0 saturated carbocycles. The molecule has 3 rings (SSSR count). The minimum atomic E-state index is -0.227. The Morgan fingerprint density at radius 1 is 1.32 bits per heavy atom. The van der Waals surface area contributed by atoms with Gasteiger partial charge in [-0.25, -0.2) is 10.1 Å². The van der Waals surface area contributed by atoms with E-state index < -0.39 is 0 Å². The highest BCUT2D eigenvalue weighted by Crippen LogP contribution is 2.14. The van der Waals surface area contributed by atoms with Gasteiger partial charge in [-0.1, -0.05) is 0 Å². The third-order valence-electron chi connectivity index (χ3n) is 3.79. The van der Waals surface area contributed by atoms with E-state index >= 15 is 0 Å². The van der Waals surface area contributed by atoms with Crippen LogP contribution in [-0.2, 0) is 4.79 Å². The molecular weight excluding hydrogens is 322 g/mol. The molecule has 25 heavy (non-hydrogen) atoms. The van der Waals surface area contributed by atoms with Gasteiger partial charge in [-0.15, -0.1) is 0 Å². The second kappa shape index (κ2) is 7.61. The second-order valence-electron chi connectivity index (χ2n) is 5.59. The van der Waals surface area contributed by atoms with Crippen LogP contribution in [0.2, 0.25) is 0 Å². The fourth-order valence-electron chi connectivity index (χ4n) is 2.46. The van der Waals surface area contributed by atoms with E-state index in [9.17, 15) is 9.59 Å². The van der Waals surface area contributed by atoms with Gasteiger partial charge >= 0.3 is 0 Å². The van der Waals surface area contributed by atoms with Crippen LogP contribution in [0.1, 0.15) is 29.8 Å². The zero-order chi connectivity index (χ0) is 17.6. The normalized spacial score (nSPS) is 13.3. The Hall–Kier alpha value is -3.16. The lowest BCUT2D eigenvalue weighted by atomic mass is 10.1. The van der Waals surface area contributed by atoms with Crippen LogP contribution in [-0.4, -0.2) is 41.0 Å². The van der Waals surface area contributed by atoms with Crippen molar-refractivity contribution >= 4 is 17.5 Å². The van der Waals surface area contributed by atoms with Crippen molar-refractivity contribution in [2.45, 2.75) is 19.3 Å². The van der Waals surface area contributed by atoms with Gasteiger partial charge in [-0.3, -0.25) is 9.59 Å². The number of hydrogen-bond donors (Lipinski definition) is 2. The monoisotopic (exact) mass is 341 g/mol. The van der Waals surface area contributed by atoms with E-state index in [4.69, 9.17) is 4.74 Å². The fourth-order valence-corrected chi connectivity index (χ4v) is 2.46. The first-order valence-electron chi connectivity index (χ1n) is 7.98. The van der Waals surface area contributed by atoms with E-state index in [0.29, 0.717) is 25.1 Å². The predicted octanol–water partition coefficient (Wildman–Crippen LogP) is 1.27. The molecule has 0 unspecified atom stereocenters. The van der Waals surface area contributed by atoms with Gasteiger partial charge in [-0.2, -0.15) is 10.2 Å². The maximum Gasteiger partial charge on any atom is 0.271 e. The number of aromatic nitrogens is 2. The molecule has 1 aromatic carbocycles. The molecule has 130 valence electrons. The number of hydrogen-bond acceptors (Lipinski definition) is 5. The van der Waals surface area contributed by atoms with Crippen molar-refractivity contribution < 1.29 is 14.3 Å². The molecule has 0 aliphatic carbocycles. The number of rotatable bonds is 7. The number of benzene rings is 1. The Labute approximate surface area is 144 Å². The zero-order valence-corrected chi connectivity index (χ0v) is 13.9. The van der Waals surface area contributed by atoms with Gasteiger partial charge in [0.2, 0.25) is 5.91 Å². The van der Waals surface area contributed by atoms with Crippen LogP contribution in [0.3, 0.4) is 0 Å². The molecule has 1 aliphatic rings. The minimum Gasteiger partial charge on any atom is -0.497 e. The van der Waals surface area contributed by atoms with Gasteiger partial charge in [-0.05, 0) is 43.2 Å². The first-order chi connectivity index (χ1) is 12.2. The van der Waals surface area contributed by atoms with E-state index in [0.717, 1.165) is 23.6 Å². The molecule has 8 heteroatoms. The van der Waals surface area contributed by atoms with Crippen molar-refractivity contribution in [1.82, 2.24) is 20.5 Å². The average Bonchev–Trinajstić information content (AvgIpc) is 3.28. The predicted molar refractivity (Wildman–Crippen MR) is 91.9 cm³/mol. The summed E-state index contributed by atoms with van der Waals surface area (Å²) in [6.07, 6.45) is 3.49. The van der Waals surface area contributed by atoms with E-state index in [1.165, 1.54) is 0 Å². The number of hydrazone groups is 1. The topological polar surface area (TPSA) is 97.6 Å². The van der Waals surface area contributed by atoms with Crippen LogP contribution in [0.25, 0.3) is 5.69 Å². The smallest absolute Gasteiger partial charge is 0.271 e. The standard InChI is InChI=1S/C17H19N5O3/c1-25-14-6-4-13(5-7-14)22-10-8-15(21-22)17(24)18-9-2-3-12-11-16(23)20-19-12/h4-8,10H,2-3,9,11H2,1H3,(H,18,24)(H,20,23). The van der Waals surface area contributed by atoms with Crippen LogP contribution in [0.15, 0.2) is 41.6 Å². The van der Waals surface area contributed by atoms with Crippen molar-refractivity contribution in [2.24, 2.45) is 5.10 Å². The molecular formula is C17H19N5O3. The number of amides is 2. The SMILES string of the molecule is COc1ccc(-n2ccc(C(=O)NCCCC3=NNC(=O)C3)n2)cc1. The summed E-state index contributed by atoms with van der Waals surface area (Å²) in [5.74, 6) is 0.454. The first-order valence-corrected chi connectivity index (χ1v) is 7.98. The largest absolute Gasteiger partial charge is 0.497 e. The molecule has 0 spiro atoms. The quantitative estimate of drug-likeness (QED) is 0.741. The van der Waals surface area contributed by atoms with Crippen molar-refractivity contribution in [2.75, 3.05) is 13.7 Å². The van der Waals surface area contributed by atoms with Crippen LogP contribution in [0.5, 0.6) is 5.75 Å². The summed E-state index contributed by atoms with van der Waals surface area (Å²) in [5, 5.41) is 11.0. The van der Waals surface area contributed by atoms with Crippen molar-refractivity contribution in [1.29, 1.82) is 0 Å². The number of carbonyl (C=O) groups is 2. The number of carbonyl (C=O) groups excluding carboxylic acids is 2. The summed E-state index contributed by atoms with van der Waals surface area (Å²) in [7, 11) is 1.61. The Bertz CT molecular complexity index is 795. The van der Waals surface area contributed by atoms with Crippen LogP contribution in [0.4, 0.5) is 0 Å². The lowest BCUT2D eigenvalue weighted by molar-refractivity contribution is -0.119. The summed E-state index contributed by atoms with van der Waals surface area (Å²) in [4.78, 5) is 23.2. The molecule has 8 nitrogen and oxygen atoms in total. The van der Waals surface area contributed by atoms with Crippen molar-refractivity contribution in [3.8, 4) is 11.4 Å². The fraction of sp³-hybridized carbons (Fsp3) is 0.294. The molecule has 2 aromatic rings. The van der Waals surface area contributed by atoms with Gasteiger partial charge in [0.05, 0.1) is 19.2 Å². The molecule has 0 bridgehead atoms.